The Kier molecular flexibility index (Phi) is 5.22. The summed E-state index contributed by atoms with van der Waals surface area (Å²) in [6, 6.07) is 12.6. The Bertz CT molecular complexity index is 1250. The Morgan fingerprint density at radius 1 is 1.19 bits per heavy atom. The maximum Gasteiger partial charge on any atom is 0.226 e. The van der Waals surface area contributed by atoms with Crippen LogP contribution in [0.3, 0.4) is 0 Å². The number of nitrogens with one attached hydrogen (secondary N) is 1. The van der Waals surface area contributed by atoms with Gasteiger partial charge in [-0.3, -0.25) is 4.79 Å². The number of Topliss-reactive ketones (excluding diaryl/α,β-unsaturated/α-hetero) is 1. The van der Waals surface area contributed by atoms with Gasteiger partial charge in [0.2, 0.25) is 5.95 Å². The third-order valence-electron chi connectivity index (χ3n) is 5.89. The largest absolute Gasteiger partial charge is 0.488 e. The molecule has 0 bridgehead atoms. The van der Waals surface area contributed by atoms with Gasteiger partial charge < -0.3 is 10.1 Å². The van der Waals surface area contributed by atoms with Crippen LogP contribution in [0.25, 0.3) is 0 Å². The maximum absolute atomic E-state index is 13.3. The number of rotatable bonds is 4. The zero-order valence-electron chi connectivity index (χ0n) is 17.7. The highest BCUT2D eigenvalue weighted by Crippen LogP contribution is 2.46. The lowest BCUT2D eigenvalue weighted by molar-refractivity contribution is -0.118. The van der Waals surface area contributed by atoms with Crippen molar-refractivity contribution in [2.45, 2.75) is 39.3 Å². The van der Waals surface area contributed by atoms with Gasteiger partial charge in [0.1, 0.15) is 24.7 Å². The molecule has 0 spiro atoms. The molecule has 2 aromatic carbocycles. The van der Waals surface area contributed by atoms with Gasteiger partial charge >= 0.3 is 0 Å². The molecule has 8 heteroatoms. The lowest BCUT2D eigenvalue weighted by Gasteiger charge is -2.38. The number of hydrogen-bond acceptors (Lipinski definition) is 5. The van der Waals surface area contributed by atoms with Crippen LogP contribution in [0.15, 0.2) is 60.1 Å². The smallest absolute Gasteiger partial charge is 0.226 e. The van der Waals surface area contributed by atoms with Crippen molar-refractivity contribution in [1.29, 1.82) is 0 Å². The van der Waals surface area contributed by atoms with Crippen molar-refractivity contribution in [1.82, 2.24) is 14.8 Å². The Balaban J connectivity index is 1.55. The van der Waals surface area contributed by atoms with Crippen molar-refractivity contribution in [2.75, 3.05) is 5.32 Å². The third-order valence-corrected chi connectivity index (χ3v) is 6.47. The summed E-state index contributed by atoms with van der Waals surface area (Å²) in [5, 5.41) is 8.88. The van der Waals surface area contributed by atoms with Gasteiger partial charge in [-0.15, -0.1) is 0 Å². The summed E-state index contributed by atoms with van der Waals surface area (Å²) in [6.45, 7) is 4.49. The molecule has 1 atom stereocenters. The molecule has 1 aliphatic carbocycles. The summed E-state index contributed by atoms with van der Waals surface area (Å²) in [4.78, 5) is 17.7. The minimum absolute atomic E-state index is 0.114. The van der Waals surface area contributed by atoms with E-state index in [0.717, 1.165) is 28.8 Å². The van der Waals surface area contributed by atoms with Crippen LogP contribution < -0.4 is 10.1 Å². The molecule has 0 saturated carbocycles. The molecular weight excluding hydrogens is 447 g/mol. The minimum Gasteiger partial charge on any atom is -0.488 e. The van der Waals surface area contributed by atoms with E-state index in [1.807, 2.05) is 30.3 Å². The van der Waals surface area contributed by atoms with Gasteiger partial charge in [0.05, 0.1) is 0 Å². The van der Waals surface area contributed by atoms with Crippen molar-refractivity contribution in [3.05, 3.63) is 81.2 Å². The van der Waals surface area contributed by atoms with Gasteiger partial charge in [-0.25, -0.2) is 4.68 Å². The number of ether oxygens (including phenoxy) is 1. The van der Waals surface area contributed by atoms with Crippen molar-refractivity contribution in [3.63, 3.8) is 0 Å². The molecule has 0 amide bonds. The average molecular weight is 469 g/mol. The van der Waals surface area contributed by atoms with Crippen LogP contribution in [0.5, 0.6) is 5.75 Å². The molecule has 2 heterocycles. The lowest BCUT2D eigenvalue weighted by atomic mass is 9.73. The predicted molar refractivity (Wildman–Crippen MR) is 124 cm³/mol. The van der Waals surface area contributed by atoms with Crippen LogP contribution in [0.4, 0.5) is 5.95 Å². The molecule has 3 aromatic rings. The third kappa shape index (κ3) is 3.78. The Labute approximate surface area is 196 Å². The summed E-state index contributed by atoms with van der Waals surface area (Å²) >= 11 is 12.3. The number of hydrogen-bond donors (Lipinski definition) is 1. The molecule has 1 aliphatic heterocycles. The Hall–Kier alpha value is -2.83. The molecule has 1 N–H and O–H groups in total. The number of nitrogens with zero attached hydrogens (tertiary/aromatic N) is 3. The van der Waals surface area contributed by atoms with Gasteiger partial charge in [0.15, 0.2) is 5.78 Å². The van der Waals surface area contributed by atoms with E-state index in [1.165, 1.54) is 6.33 Å². The number of ketones is 1. The van der Waals surface area contributed by atoms with E-state index in [0.29, 0.717) is 28.2 Å². The number of carbonyl (C=O) groups is 1. The van der Waals surface area contributed by atoms with Crippen LogP contribution in [0, 0.1) is 5.41 Å². The lowest BCUT2D eigenvalue weighted by Crippen LogP contribution is -2.36. The Morgan fingerprint density at radius 2 is 2.00 bits per heavy atom. The first-order chi connectivity index (χ1) is 15.3. The summed E-state index contributed by atoms with van der Waals surface area (Å²) < 4.78 is 7.96. The molecule has 0 radical (unpaired) electrons. The number of aromatic nitrogens is 3. The van der Waals surface area contributed by atoms with Gasteiger partial charge in [-0.1, -0.05) is 61.3 Å². The molecule has 0 fully saturated rings. The minimum atomic E-state index is -0.413. The fraction of sp³-hybridized carbons (Fsp3) is 0.292. The van der Waals surface area contributed by atoms with E-state index in [4.69, 9.17) is 27.9 Å². The maximum atomic E-state index is 13.3. The second-order valence-corrected chi connectivity index (χ2v) is 9.79. The first-order valence-corrected chi connectivity index (χ1v) is 11.2. The fourth-order valence-corrected chi connectivity index (χ4v) is 4.93. The fourth-order valence-electron chi connectivity index (χ4n) is 4.47. The van der Waals surface area contributed by atoms with Crippen molar-refractivity contribution < 1.29 is 9.53 Å². The SMILES string of the molecule is CC1(C)CC(=O)C2=C(C1)Nc1ncnn1C2c1ccccc1OCc1ccc(Cl)cc1Cl. The van der Waals surface area contributed by atoms with Crippen molar-refractivity contribution in [2.24, 2.45) is 5.41 Å². The average Bonchev–Trinajstić information content (AvgIpc) is 3.19. The molecule has 32 heavy (non-hydrogen) atoms. The van der Waals surface area contributed by atoms with Gasteiger partial charge in [0, 0.05) is 38.9 Å². The number of allylic oxidation sites excluding steroid dienone is 2. The summed E-state index contributed by atoms with van der Waals surface area (Å²) in [5.74, 6) is 1.40. The molecule has 6 nitrogen and oxygen atoms in total. The standard InChI is InChI=1S/C24H22Cl2N4O2/c1-24(2)10-18-21(19(31)11-24)22(30-23(29-18)27-13-28-30)16-5-3-4-6-20(16)32-12-14-7-8-15(25)9-17(14)26/h3-9,13,22H,10-12H2,1-2H3,(H,27,28,29). The summed E-state index contributed by atoms with van der Waals surface area (Å²) in [7, 11) is 0. The first kappa shape index (κ1) is 21.0. The zero-order chi connectivity index (χ0) is 22.5. The highest BCUT2D eigenvalue weighted by atomic mass is 35.5. The Morgan fingerprint density at radius 3 is 2.81 bits per heavy atom. The first-order valence-electron chi connectivity index (χ1n) is 10.4. The van der Waals surface area contributed by atoms with E-state index >= 15 is 0 Å². The van der Waals surface area contributed by atoms with E-state index < -0.39 is 6.04 Å². The molecule has 5 rings (SSSR count). The van der Waals surface area contributed by atoms with E-state index in [-0.39, 0.29) is 17.8 Å². The quantitative estimate of drug-likeness (QED) is 0.522. The van der Waals surface area contributed by atoms with E-state index in [2.05, 4.69) is 29.2 Å². The van der Waals surface area contributed by atoms with E-state index in [9.17, 15) is 4.79 Å². The van der Waals surface area contributed by atoms with Crippen molar-refractivity contribution in [3.8, 4) is 5.75 Å². The molecule has 1 aromatic heterocycles. The highest BCUT2D eigenvalue weighted by Gasteiger charge is 2.42. The molecule has 0 saturated heterocycles. The van der Waals surface area contributed by atoms with Crippen LogP contribution in [0.2, 0.25) is 10.0 Å². The summed E-state index contributed by atoms with van der Waals surface area (Å²) in [5.41, 5.74) is 3.20. The van der Waals surface area contributed by atoms with Crippen LogP contribution in [-0.4, -0.2) is 20.5 Å². The van der Waals surface area contributed by atoms with Gasteiger partial charge in [-0.05, 0) is 30.0 Å². The number of anilines is 1. The zero-order valence-corrected chi connectivity index (χ0v) is 19.2. The molecule has 2 aliphatic rings. The number of para-hydroxylation sites is 1. The second-order valence-electron chi connectivity index (χ2n) is 8.95. The van der Waals surface area contributed by atoms with Gasteiger partial charge in [0.25, 0.3) is 0 Å². The number of fused-ring (bicyclic) bond motifs is 1. The highest BCUT2D eigenvalue weighted by molar-refractivity contribution is 6.35. The topological polar surface area (TPSA) is 69.0 Å². The van der Waals surface area contributed by atoms with Crippen molar-refractivity contribution >= 4 is 34.9 Å². The summed E-state index contributed by atoms with van der Waals surface area (Å²) in [6.07, 6.45) is 2.75. The van der Waals surface area contributed by atoms with Gasteiger partial charge in [-0.2, -0.15) is 10.1 Å². The molecule has 164 valence electrons. The monoisotopic (exact) mass is 468 g/mol. The number of benzene rings is 2. The number of carbonyl (C=O) groups excluding carboxylic acids is 1. The number of halogens is 2. The normalized spacial score (nSPS) is 19.2. The predicted octanol–water partition coefficient (Wildman–Crippen LogP) is 5.82. The molecule has 1 unspecified atom stereocenters. The van der Waals surface area contributed by atoms with Crippen LogP contribution in [-0.2, 0) is 11.4 Å². The second kappa shape index (κ2) is 7.94. The van der Waals surface area contributed by atoms with E-state index in [1.54, 1.807) is 16.8 Å². The van der Waals surface area contributed by atoms with Crippen LogP contribution >= 0.6 is 23.2 Å². The molecular formula is C24H22Cl2N4O2. The van der Waals surface area contributed by atoms with Crippen LogP contribution in [0.1, 0.15) is 43.9 Å².